The van der Waals surface area contributed by atoms with E-state index < -0.39 is 0 Å². The Balaban J connectivity index is 0.000001000. The molecule has 0 fully saturated rings. The highest BCUT2D eigenvalue weighted by Crippen LogP contribution is 2.17. The Morgan fingerprint density at radius 1 is 1.64 bits per heavy atom. The van der Waals surface area contributed by atoms with Crippen LogP contribution in [-0.4, -0.2) is 0 Å². The Morgan fingerprint density at radius 3 is 2.82 bits per heavy atom. The molecule has 2 N–H and O–H groups in total. The molecule has 11 heavy (non-hydrogen) atoms. The van der Waals surface area contributed by atoms with Crippen molar-refractivity contribution in [3.63, 3.8) is 0 Å². The van der Waals surface area contributed by atoms with E-state index in [4.69, 9.17) is 5.73 Å². The quantitative estimate of drug-likeness (QED) is 0.781. The molecule has 0 aliphatic rings. The molecule has 0 saturated carbocycles. The van der Waals surface area contributed by atoms with Gasteiger partial charge in [-0.25, -0.2) is 0 Å². The first-order valence-corrected chi connectivity index (χ1v) is 4.56. The van der Waals surface area contributed by atoms with Crippen molar-refractivity contribution < 1.29 is 0 Å². The summed E-state index contributed by atoms with van der Waals surface area (Å²) in [4.78, 5) is 0. The molecule has 0 bridgehead atoms. The summed E-state index contributed by atoms with van der Waals surface area (Å²) >= 11 is 1.71. The van der Waals surface area contributed by atoms with Gasteiger partial charge < -0.3 is 5.73 Å². The SMILES string of the molecule is CCC[C@@H](N)c1ccsc1.Cl. The maximum absolute atomic E-state index is 5.86. The first kappa shape index (κ1) is 11.0. The molecule has 0 unspecified atom stereocenters. The van der Waals surface area contributed by atoms with Crippen LogP contribution in [0.2, 0.25) is 0 Å². The van der Waals surface area contributed by atoms with Crippen LogP contribution in [0.15, 0.2) is 16.8 Å². The van der Waals surface area contributed by atoms with Crippen LogP contribution >= 0.6 is 23.7 Å². The second-order valence-electron chi connectivity index (χ2n) is 2.45. The van der Waals surface area contributed by atoms with Gasteiger partial charge in [0, 0.05) is 6.04 Å². The first-order valence-electron chi connectivity index (χ1n) is 3.62. The zero-order valence-corrected chi connectivity index (χ0v) is 8.25. The molecule has 0 spiro atoms. The molecule has 1 aromatic heterocycles. The lowest BCUT2D eigenvalue weighted by Gasteiger charge is -2.06. The third-order valence-electron chi connectivity index (χ3n) is 1.57. The molecule has 0 aromatic carbocycles. The summed E-state index contributed by atoms with van der Waals surface area (Å²) in [6, 6.07) is 2.36. The molecule has 64 valence electrons. The molecule has 1 heterocycles. The highest BCUT2D eigenvalue weighted by Gasteiger charge is 2.02. The van der Waals surface area contributed by atoms with Crippen molar-refractivity contribution in [1.29, 1.82) is 0 Å². The van der Waals surface area contributed by atoms with Gasteiger partial charge in [0.05, 0.1) is 0 Å². The maximum atomic E-state index is 5.86. The summed E-state index contributed by atoms with van der Waals surface area (Å²) in [5.74, 6) is 0. The van der Waals surface area contributed by atoms with Gasteiger partial charge in [0.1, 0.15) is 0 Å². The third-order valence-corrected chi connectivity index (χ3v) is 2.27. The summed E-state index contributed by atoms with van der Waals surface area (Å²) in [6.07, 6.45) is 2.26. The number of halogens is 1. The highest BCUT2D eigenvalue weighted by atomic mass is 35.5. The van der Waals surface area contributed by atoms with Crippen molar-refractivity contribution in [2.45, 2.75) is 25.8 Å². The molecule has 1 atom stereocenters. The van der Waals surface area contributed by atoms with E-state index in [2.05, 4.69) is 23.8 Å². The normalized spacial score (nSPS) is 12.2. The molecule has 0 amide bonds. The van der Waals surface area contributed by atoms with Gasteiger partial charge in [0.25, 0.3) is 0 Å². The molecule has 1 nitrogen and oxygen atoms in total. The van der Waals surface area contributed by atoms with Crippen LogP contribution in [0.4, 0.5) is 0 Å². The van der Waals surface area contributed by atoms with Crippen molar-refractivity contribution in [3.05, 3.63) is 22.4 Å². The van der Waals surface area contributed by atoms with Crippen LogP contribution in [0.25, 0.3) is 0 Å². The largest absolute Gasteiger partial charge is 0.324 e. The van der Waals surface area contributed by atoms with Crippen molar-refractivity contribution in [1.82, 2.24) is 0 Å². The van der Waals surface area contributed by atoms with Crippen LogP contribution in [0, 0.1) is 0 Å². The van der Waals surface area contributed by atoms with Gasteiger partial charge in [-0.15, -0.1) is 12.4 Å². The van der Waals surface area contributed by atoms with Gasteiger partial charge in [0.2, 0.25) is 0 Å². The monoisotopic (exact) mass is 191 g/mol. The highest BCUT2D eigenvalue weighted by molar-refractivity contribution is 7.07. The van der Waals surface area contributed by atoms with Crippen LogP contribution in [0.3, 0.4) is 0 Å². The summed E-state index contributed by atoms with van der Waals surface area (Å²) in [6.45, 7) is 2.16. The van der Waals surface area contributed by atoms with Crippen LogP contribution in [0.1, 0.15) is 31.4 Å². The fourth-order valence-electron chi connectivity index (χ4n) is 0.964. The standard InChI is InChI=1S/C8H13NS.ClH/c1-2-3-8(9)7-4-5-10-6-7;/h4-6,8H,2-3,9H2,1H3;1H/t8-;/m1./s1. The van der Waals surface area contributed by atoms with Crippen molar-refractivity contribution in [3.8, 4) is 0 Å². The average molecular weight is 192 g/mol. The molecule has 0 aliphatic carbocycles. The Morgan fingerprint density at radius 2 is 2.36 bits per heavy atom. The van der Waals surface area contributed by atoms with E-state index in [0.29, 0.717) is 0 Å². The molecule has 0 aliphatic heterocycles. The fraction of sp³-hybridized carbons (Fsp3) is 0.500. The summed E-state index contributed by atoms with van der Waals surface area (Å²) < 4.78 is 0. The fourth-order valence-corrected chi connectivity index (χ4v) is 1.69. The number of hydrogen-bond donors (Lipinski definition) is 1. The molecule has 0 radical (unpaired) electrons. The molecule has 1 aromatic rings. The van der Waals surface area contributed by atoms with E-state index in [0.717, 1.165) is 12.8 Å². The smallest absolute Gasteiger partial charge is 0.0303 e. The molecular weight excluding hydrogens is 178 g/mol. The van der Waals surface area contributed by atoms with Gasteiger partial charge in [-0.05, 0) is 28.8 Å². The Kier molecular flexibility index (Phi) is 5.56. The number of hydrogen-bond acceptors (Lipinski definition) is 2. The summed E-state index contributed by atoms with van der Waals surface area (Å²) in [5, 5.41) is 4.20. The minimum absolute atomic E-state index is 0. The van der Waals surface area contributed by atoms with Crippen molar-refractivity contribution >= 4 is 23.7 Å². The van der Waals surface area contributed by atoms with Crippen LogP contribution in [-0.2, 0) is 0 Å². The summed E-state index contributed by atoms with van der Waals surface area (Å²) in [7, 11) is 0. The number of rotatable bonds is 3. The van der Waals surface area contributed by atoms with Crippen molar-refractivity contribution in [2.75, 3.05) is 0 Å². The van der Waals surface area contributed by atoms with Gasteiger partial charge in [-0.2, -0.15) is 11.3 Å². The maximum Gasteiger partial charge on any atom is 0.0303 e. The van der Waals surface area contributed by atoms with E-state index in [-0.39, 0.29) is 18.4 Å². The predicted molar refractivity (Wildman–Crippen MR) is 53.4 cm³/mol. The molecule has 3 heteroatoms. The third kappa shape index (κ3) is 3.23. The van der Waals surface area contributed by atoms with Gasteiger partial charge >= 0.3 is 0 Å². The Bertz CT molecular complexity index is 174. The Labute approximate surface area is 78.0 Å². The first-order chi connectivity index (χ1) is 4.84. The Hall–Kier alpha value is -0.0500. The van der Waals surface area contributed by atoms with Crippen LogP contribution in [0.5, 0.6) is 0 Å². The zero-order valence-electron chi connectivity index (χ0n) is 6.62. The summed E-state index contributed by atoms with van der Waals surface area (Å²) in [5.41, 5.74) is 7.14. The molecular formula is C8H14ClNS. The lowest BCUT2D eigenvalue weighted by molar-refractivity contribution is 0.640. The molecule has 1 rings (SSSR count). The van der Waals surface area contributed by atoms with E-state index in [1.807, 2.05) is 0 Å². The zero-order chi connectivity index (χ0) is 7.40. The second kappa shape index (κ2) is 5.58. The predicted octanol–water partition coefficient (Wildman–Crippen LogP) is 2.97. The second-order valence-corrected chi connectivity index (χ2v) is 3.23. The minimum Gasteiger partial charge on any atom is -0.324 e. The van der Waals surface area contributed by atoms with Gasteiger partial charge in [0.15, 0.2) is 0 Å². The van der Waals surface area contributed by atoms with E-state index in [1.165, 1.54) is 5.56 Å². The average Bonchev–Trinajstić information content (AvgIpc) is 2.38. The number of thiophene rings is 1. The number of nitrogens with two attached hydrogens (primary N) is 1. The van der Waals surface area contributed by atoms with Gasteiger partial charge in [-0.1, -0.05) is 13.3 Å². The van der Waals surface area contributed by atoms with Crippen LogP contribution < -0.4 is 5.73 Å². The van der Waals surface area contributed by atoms with Crippen molar-refractivity contribution in [2.24, 2.45) is 5.73 Å². The molecule has 0 saturated heterocycles. The van der Waals surface area contributed by atoms with Gasteiger partial charge in [-0.3, -0.25) is 0 Å². The lowest BCUT2D eigenvalue weighted by Crippen LogP contribution is -2.07. The van der Waals surface area contributed by atoms with E-state index in [9.17, 15) is 0 Å². The lowest BCUT2D eigenvalue weighted by atomic mass is 10.1. The topological polar surface area (TPSA) is 26.0 Å². The van der Waals surface area contributed by atoms with E-state index >= 15 is 0 Å². The van der Waals surface area contributed by atoms with E-state index in [1.54, 1.807) is 11.3 Å². The minimum atomic E-state index is 0.